The molecule has 2 aromatic rings. The molecule has 0 unspecified atom stereocenters. The van der Waals surface area contributed by atoms with E-state index in [-0.39, 0.29) is 24.4 Å². The Morgan fingerprint density at radius 3 is 2.24 bits per heavy atom. The second-order valence-corrected chi connectivity index (χ2v) is 5.24. The van der Waals surface area contributed by atoms with Gasteiger partial charge in [-0.15, -0.1) is 0 Å². The Morgan fingerprint density at radius 1 is 1.00 bits per heavy atom. The van der Waals surface area contributed by atoms with Crippen molar-refractivity contribution in [1.82, 2.24) is 5.32 Å². The quantitative estimate of drug-likeness (QED) is 0.869. The van der Waals surface area contributed by atoms with Crippen LogP contribution in [0.2, 0.25) is 0 Å². The summed E-state index contributed by atoms with van der Waals surface area (Å²) < 4.78 is 39.3. The first-order valence-corrected chi connectivity index (χ1v) is 7.71. The van der Waals surface area contributed by atoms with Gasteiger partial charge in [-0.25, -0.2) is 13.2 Å². The van der Waals surface area contributed by atoms with E-state index in [2.05, 4.69) is 5.32 Å². The zero-order chi connectivity index (χ0) is 18.4. The van der Waals surface area contributed by atoms with Crippen molar-refractivity contribution in [3.8, 4) is 0 Å². The lowest BCUT2D eigenvalue weighted by Gasteiger charge is -2.21. The third kappa shape index (κ3) is 4.82. The standard InChI is InChI=1S/C18H17F3N2O2/c1-2-23(14-6-3-12(19)4-7-14)17(24)9-10-22-18(25)15-8-5-13(20)11-16(15)21/h3-8,11H,2,9-10H2,1H3,(H,22,25). The topological polar surface area (TPSA) is 49.4 Å². The number of anilines is 1. The van der Waals surface area contributed by atoms with Gasteiger partial charge in [0, 0.05) is 31.3 Å². The van der Waals surface area contributed by atoms with Crippen LogP contribution in [0, 0.1) is 17.5 Å². The summed E-state index contributed by atoms with van der Waals surface area (Å²) >= 11 is 0. The highest BCUT2D eigenvalue weighted by Crippen LogP contribution is 2.15. The second kappa shape index (κ2) is 8.32. The molecule has 0 aliphatic carbocycles. The average molecular weight is 350 g/mol. The number of carbonyl (C=O) groups is 2. The van der Waals surface area contributed by atoms with Crippen LogP contribution in [-0.4, -0.2) is 24.9 Å². The molecule has 0 heterocycles. The zero-order valence-corrected chi connectivity index (χ0v) is 13.6. The number of hydrogen-bond acceptors (Lipinski definition) is 2. The molecule has 0 aliphatic heterocycles. The van der Waals surface area contributed by atoms with E-state index < -0.39 is 23.4 Å². The first-order chi connectivity index (χ1) is 11.9. The average Bonchev–Trinajstić information content (AvgIpc) is 2.57. The molecule has 25 heavy (non-hydrogen) atoms. The van der Waals surface area contributed by atoms with Crippen molar-refractivity contribution in [3.63, 3.8) is 0 Å². The lowest BCUT2D eigenvalue weighted by atomic mass is 10.2. The van der Waals surface area contributed by atoms with Gasteiger partial charge >= 0.3 is 0 Å². The minimum Gasteiger partial charge on any atom is -0.351 e. The lowest BCUT2D eigenvalue weighted by Crippen LogP contribution is -2.34. The van der Waals surface area contributed by atoms with Crippen molar-refractivity contribution in [1.29, 1.82) is 0 Å². The number of hydrogen-bond donors (Lipinski definition) is 1. The summed E-state index contributed by atoms with van der Waals surface area (Å²) in [4.78, 5) is 25.6. The van der Waals surface area contributed by atoms with Gasteiger partial charge in [0.15, 0.2) is 0 Å². The summed E-state index contributed by atoms with van der Waals surface area (Å²) in [5, 5.41) is 2.42. The monoisotopic (exact) mass is 350 g/mol. The highest BCUT2D eigenvalue weighted by molar-refractivity contribution is 5.96. The minimum atomic E-state index is -0.967. The summed E-state index contributed by atoms with van der Waals surface area (Å²) in [5.74, 6) is -3.14. The van der Waals surface area contributed by atoms with Gasteiger partial charge in [0.05, 0.1) is 5.56 Å². The van der Waals surface area contributed by atoms with Crippen molar-refractivity contribution >= 4 is 17.5 Å². The molecule has 0 saturated carbocycles. The van der Waals surface area contributed by atoms with E-state index in [4.69, 9.17) is 0 Å². The predicted molar refractivity (Wildman–Crippen MR) is 87.7 cm³/mol. The molecule has 2 aromatic carbocycles. The van der Waals surface area contributed by atoms with Crippen LogP contribution >= 0.6 is 0 Å². The molecule has 1 N–H and O–H groups in total. The fraction of sp³-hybridized carbons (Fsp3) is 0.222. The molecule has 0 fully saturated rings. The van der Waals surface area contributed by atoms with Crippen LogP contribution in [-0.2, 0) is 4.79 Å². The molecule has 2 amide bonds. The first-order valence-electron chi connectivity index (χ1n) is 7.71. The molecule has 0 spiro atoms. The Morgan fingerprint density at radius 2 is 1.64 bits per heavy atom. The lowest BCUT2D eigenvalue weighted by molar-refractivity contribution is -0.118. The highest BCUT2D eigenvalue weighted by atomic mass is 19.1. The van der Waals surface area contributed by atoms with Gasteiger partial charge in [-0.2, -0.15) is 0 Å². The Balaban J connectivity index is 1.92. The Kier molecular flexibility index (Phi) is 6.16. The van der Waals surface area contributed by atoms with Crippen molar-refractivity contribution < 1.29 is 22.8 Å². The SMILES string of the molecule is CCN(C(=O)CCNC(=O)c1ccc(F)cc1F)c1ccc(F)cc1. The maximum atomic E-state index is 13.5. The van der Waals surface area contributed by atoms with E-state index in [1.54, 1.807) is 6.92 Å². The van der Waals surface area contributed by atoms with E-state index in [1.807, 2.05) is 0 Å². The molecule has 4 nitrogen and oxygen atoms in total. The molecular formula is C18H17F3N2O2. The summed E-state index contributed by atoms with van der Waals surface area (Å²) in [7, 11) is 0. The van der Waals surface area contributed by atoms with Gasteiger partial charge in [0.25, 0.3) is 5.91 Å². The molecule has 0 saturated heterocycles. The predicted octanol–water partition coefficient (Wildman–Crippen LogP) is 3.28. The van der Waals surface area contributed by atoms with Crippen molar-refractivity contribution in [3.05, 3.63) is 65.5 Å². The van der Waals surface area contributed by atoms with Crippen molar-refractivity contribution in [2.24, 2.45) is 0 Å². The molecule has 7 heteroatoms. The number of amides is 2. The molecule has 0 aromatic heterocycles. The highest BCUT2D eigenvalue weighted by Gasteiger charge is 2.16. The largest absolute Gasteiger partial charge is 0.351 e. The summed E-state index contributed by atoms with van der Waals surface area (Å²) in [6, 6.07) is 8.13. The Bertz CT molecular complexity index is 763. The van der Waals surface area contributed by atoms with Crippen molar-refractivity contribution in [2.75, 3.05) is 18.0 Å². The smallest absolute Gasteiger partial charge is 0.254 e. The summed E-state index contributed by atoms with van der Waals surface area (Å²) in [6.45, 7) is 2.14. The number of halogens is 3. The van der Waals surface area contributed by atoms with E-state index in [9.17, 15) is 22.8 Å². The van der Waals surface area contributed by atoms with Gasteiger partial charge < -0.3 is 10.2 Å². The Hall–Kier alpha value is -2.83. The fourth-order valence-electron chi connectivity index (χ4n) is 2.31. The third-order valence-corrected chi connectivity index (χ3v) is 3.56. The number of nitrogens with zero attached hydrogens (tertiary/aromatic N) is 1. The first kappa shape index (κ1) is 18.5. The maximum Gasteiger partial charge on any atom is 0.254 e. The van der Waals surface area contributed by atoms with Gasteiger partial charge in [0.2, 0.25) is 5.91 Å². The molecule has 0 aliphatic rings. The summed E-state index contributed by atoms with van der Waals surface area (Å²) in [6.07, 6.45) is -0.0141. The van der Waals surface area contributed by atoms with Crippen LogP contribution < -0.4 is 10.2 Å². The van der Waals surface area contributed by atoms with Crippen LogP contribution in [0.25, 0.3) is 0 Å². The minimum absolute atomic E-state index is 0.00776. The number of benzene rings is 2. The molecular weight excluding hydrogens is 333 g/mol. The number of nitrogens with one attached hydrogen (secondary N) is 1. The number of carbonyl (C=O) groups excluding carboxylic acids is 2. The van der Waals surface area contributed by atoms with Crippen molar-refractivity contribution in [2.45, 2.75) is 13.3 Å². The molecule has 2 rings (SSSR count). The normalized spacial score (nSPS) is 10.4. The van der Waals surface area contributed by atoms with Crippen LogP contribution in [0.4, 0.5) is 18.9 Å². The zero-order valence-electron chi connectivity index (χ0n) is 13.6. The van der Waals surface area contributed by atoms with Crippen LogP contribution in [0.1, 0.15) is 23.7 Å². The van der Waals surface area contributed by atoms with Gasteiger partial charge in [0.1, 0.15) is 17.5 Å². The van der Waals surface area contributed by atoms with Crippen LogP contribution in [0.3, 0.4) is 0 Å². The number of rotatable bonds is 6. The fourth-order valence-corrected chi connectivity index (χ4v) is 2.31. The van der Waals surface area contributed by atoms with E-state index in [0.29, 0.717) is 18.3 Å². The van der Waals surface area contributed by atoms with Gasteiger partial charge in [-0.05, 0) is 43.3 Å². The molecule has 0 radical (unpaired) electrons. The van der Waals surface area contributed by atoms with E-state index in [1.165, 1.54) is 29.2 Å². The molecule has 0 bridgehead atoms. The Labute approximate surface area is 143 Å². The van der Waals surface area contributed by atoms with E-state index in [0.717, 1.165) is 12.1 Å². The molecule has 0 atom stereocenters. The van der Waals surface area contributed by atoms with Gasteiger partial charge in [-0.1, -0.05) is 0 Å². The van der Waals surface area contributed by atoms with E-state index >= 15 is 0 Å². The molecule has 132 valence electrons. The summed E-state index contributed by atoms with van der Waals surface area (Å²) in [5.41, 5.74) is 0.254. The van der Waals surface area contributed by atoms with Gasteiger partial charge in [-0.3, -0.25) is 9.59 Å². The van der Waals surface area contributed by atoms with Crippen LogP contribution in [0.15, 0.2) is 42.5 Å². The second-order valence-electron chi connectivity index (χ2n) is 5.24. The third-order valence-electron chi connectivity index (χ3n) is 3.56. The van der Waals surface area contributed by atoms with Crippen LogP contribution in [0.5, 0.6) is 0 Å². The maximum absolute atomic E-state index is 13.5.